The highest BCUT2D eigenvalue weighted by Gasteiger charge is 2.09. The maximum Gasteiger partial charge on any atom is 0.253 e. The summed E-state index contributed by atoms with van der Waals surface area (Å²) < 4.78 is 0. The average Bonchev–Trinajstić information content (AvgIpc) is 2.66. The zero-order valence-electron chi connectivity index (χ0n) is 15.9. The summed E-state index contributed by atoms with van der Waals surface area (Å²) in [5, 5.41) is 5.57. The van der Waals surface area contributed by atoms with Crippen LogP contribution in [0, 0.1) is 6.92 Å². The third-order valence-electron chi connectivity index (χ3n) is 4.12. The van der Waals surface area contributed by atoms with Crippen molar-refractivity contribution in [1.82, 2.24) is 15.5 Å². The number of carbonyl (C=O) groups excluding carboxylic acids is 3. The van der Waals surface area contributed by atoms with Gasteiger partial charge in [-0.2, -0.15) is 0 Å². The SMILES string of the molecule is Cc1ccccc1C(=O)NCCC(=O)NCc1ccc(C(=O)N(C)C)cc1. The first kappa shape index (κ1) is 20.2. The van der Waals surface area contributed by atoms with Gasteiger partial charge in [-0.25, -0.2) is 0 Å². The normalized spacial score (nSPS) is 10.2. The summed E-state index contributed by atoms with van der Waals surface area (Å²) in [6.45, 7) is 2.52. The van der Waals surface area contributed by atoms with E-state index in [1.165, 1.54) is 4.90 Å². The Kier molecular flexibility index (Phi) is 7.11. The maximum absolute atomic E-state index is 12.1. The van der Waals surface area contributed by atoms with E-state index in [-0.39, 0.29) is 30.7 Å². The van der Waals surface area contributed by atoms with Crippen LogP contribution >= 0.6 is 0 Å². The third-order valence-corrected chi connectivity index (χ3v) is 4.12. The lowest BCUT2D eigenvalue weighted by Gasteiger charge is -2.11. The monoisotopic (exact) mass is 367 g/mol. The fourth-order valence-electron chi connectivity index (χ4n) is 2.52. The third kappa shape index (κ3) is 5.95. The minimum atomic E-state index is -0.179. The quantitative estimate of drug-likeness (QED) is 0.787. The van der Waals surface area contributed by atoms with Crippen molar-refractivity contribution in [2.45, 2.75) is 19.9 Å². The second-order valence-electron chi connectivity index (χ2n) is 6.49. The molecule has 0 unspecified atom stereocenters. The molecule has 6 nitrogen and oxygen atoms in total. The number of carbonyl (C=O) groups is 3. The van der Waals surface area contributed by atoms with Crippen LogP contribution in [0.25, 0.3) is 0 Å². The van der Waals surface area contributed by atoms with Gasteiger partial charge in [-0.15, -0.1) is 0 Å². The van der Waals surface area contributed by atoms with E-state index < -0.39 is 0 Å². The number of benzene rings is 2. The van der Waals surface area contributed by atoms with E-state index in [9.17, 15) is 14.4 Å². The minimum Gasteiger partial charge on any atom is -0.352 e. The molecule has 142 valence electrons. The lowest BCUT2D eigenvalue weighted by molar-refractivity contribution is -0.121. The highest BCUT2D eigenvalue weighted by molar-refractivity contribution is 5.95. The second kappa shape index (κ2) is 9.52. The Bertz CT molecular complexity index is 814. The Morgan fingerprint density at radius 2 is 1.59 bits per heavy atom. The summed E-state index contributed by atoms with van der Waals surface area (Å²) in [7, 11) is 3.41. The van der Waals surface area contributed by atoms with Crippen LogP contribution in [-0.4, -0.2) is 43.3 Å². The minimum absolute atomic E-state index is 0.0602. The van der Waals surface area contributed by atoms with Crippen molar-refractivity contribution in [2.24, 2.45) is 0 Å². The summed E-state index contributed by atoms with van der Waals surface area (Å²) in [5.74, 6) is -0.384. The summed E-state index contributed by atoms with van der Waals surface area (Å²) in [5.41, 5.74) is 3.03. The topological polar surface area (TPSA) is 78.5 Å². The highest BCUT2D eigenvalue weighted by Crippen LogP contribution is 2.07. The zero-order chi connectivity index (χ0) is 19.8. The van der Waals surface area contributed by atoms with Crippen LogP contribution in [-0.2, 0) is 11.3 Å². The van der Waals surface area contributed by atoms with Crippen LogP contribution in [0.2, 0.25) is 0 Å². The summed E-state index contributed by atoms with van der Waals surface area (Å²) in [6.07, 6.45) is 0.203. The number of nitrogens with zero attached hydrogens (tertiary/aromatic N) is 1. The van der Waals surface area contributed by atoms with Crippen molar-refractivity contribution in [3.05, 3.63) is 70.8 Å². The van der Waals surface area contributed by atoms with Crippen LogP contribution in [0.15, 0.2) is 48.5 Å². The molecule has 6 heteroatoms. The molecule has 27 heavy (non-hydrogen) atoms. The molecule has 2 aromatic rings. The van der Waals surface area contributed by atoms with Gasteiger partial charge in [0.2, 0.25) is 5.91 Å². The molecule has 0 radical (unpaired) electrons. The first-order chi connectivity index (χ1) is 12.9. The molecule has 0 aliphatic heterocycles. The van der Waals surface area contributed by atoms with E-state index in [0.717, 1.165) is 11.1 Å². The van der Waals surface area contributed by atoms with E-state index in [1.54, 1.807) is 32.3 Å². The molecule has 0 heterocycles. The molecule has 2 N–H and O–H groups in total. The molecule has 0 fully saturated rings. The zero-order valence-corrected chi connectivity index (χ0v) is 15.9. The predicted molar refractivity (Wildman–Crippen MR) is 104 cm³/mol. The summed E-state index contributed by atoms with van der Waals surface area (Å²) >= 11 is 0. The van der Waals surface area contributed by atoms with Gasteiger partial charge in [0.1, 0.15) is 0 Å². The Hall–Kier alpha value is -3.15. The first-order valence-electron chi connectivity index (χ1n) is 8.79. The number of rotatable bonds is 7. The maximum atomic E-state index is 12.1. The molecule has 0 aromatic heterocycles. The number of nitrogens with one attached hydrogen (secondary N) is 2. The Morgan fingerprint density at radius 3 is 2.22 bits per heavy atom. The average molecular weight is 367 g/mol. The van der Waals surface area contributed by atoms with E-state index in [0.29, 0.717) is 17.7 Å². The molecule has 2 rings (SSSR count). The van der Waals surface area contributed by atoms with Crippen LogP contribution in [0.5, 0.6) is 0 Å². The van der Waals surface area contributed by atoms with Gasteiger partial charge in [0, 0.05) is 44.7 Å². The van der Waals surface area contributed by atoms with Crippen molar-refractivity contribution >= 4 is 17.7 Å². The van der Waals surface area contributed by atoms with E-state index in [1.807, 2.05) is 37.3 Å². The number of amides is 3. The fourth-order valence-corrected chi connectivity index (χ4v) is 2.52. The van der Waals surface area contributed by atoms with Gasteiger partial charge in [-0.1, -0.05) is 30.3 Å². The van der Waals surface area contributed by atoms with Crippen LogP contribution < -0.4 is 10.6 Å². The summed E-state index contributed by atoms with van der Waals surface area (Å²) in [4.78, 5) is 37.4. The molecule has 0 spiro atoms. The number of hydrogen-bond acceptors (Lipinski definition) is 3. The predicted octanol–water partition coefficient (Wildman–Crippen LogP) is 2.13. The van der Waals surface area contributed by atoms with Crippen molar-refractivity contribution in [3.63, 3.8) is 0 Å². The van der Waals surface area contributed by atoms with Crippen LogP contribution in [0.1, 0.15) is 38.3 Å². The van der Waals surface area contributed by atoms with E-state index in [4.69, 9.17) is 0 Å². The van der Waals surface area contributed by atoms with Gasteiger partial charge in [0.05, 0.1) is 0 Å². The number of hydrogen-bond donors (Lipinski definition) is 2. The van der Waals surface area contributed by atoms with Crippen molar-refractivity contribution in [2.75, 3.05) is 20.6 Å². The van der Waals surface area contributed by atoms with Crippen LogP contribution in [0.3, 0.4) is 0 Å². The van der Waals surface area contributed by atoms with Gasteiger partial charge < -0.3 is 15.5 Å². The Labute approximate surface area is 159 Å². The van der Waals surface area contributed by atoms with E-state index >= 15 is 0 Å². The van der Waals surface area contributed by atoms with Crippen LogP contribution in [0.4, 0.5) is 0 Å². The number of aryl methyl sites for hydroxylation is 1. The Balaban J connectivity index is 1.74. The molecule has 0 saturated heterocycles. The second-order valence-corrected chi connectivity index (χ2v) is 6.49. The first-order valence-corrected chi connectivity index (χ1v) is 8.79. The summed E-state index contributed by atoms with van der Waals surface area (Å²) in [6, 6.07) is 14.4. The molecule has 0 bridgehead atoms. The van der Waals surface area contributed by atoms with Crippen molar-refractivity contribution < 1.29 is 14.4 Å². The van der Waals surface area contributed by atoms with Gasteiger partial charge in [0.15, 0.2) is 0 Å². The standard InChI is InChI=1S/C21H25N3O3/c1-15-6-4-5-7-18(15)20(26)22-13-12-19(25)23-14-16-8-10-17(11-9-16)21(27)24(2)3/h4-11H,12-14H2,1-3H3,(H,22,26)(H,23,25). The van der Waals surface area contributed by atoms with Crippen molar-refractivity contribution in [1.29, 1.82) is 0 Å². The molecule has 0 atom stereocenters. The molecule has 2 aromatic carbocycles. The largest absolute Gasteiger partial charge is 0.352 e. The van der Waals surface area contributed by atoms with Gasteiger partial charge in [-0.3, -0.25) is 14.4 Å². The molecule has 0 saturated carbocycles. The van der Waals surface area contributed by atoms with Crippen molar-refractivity contribution in [3.8, 4) is 0 Å². The smallest absolute Gasteiger partial charge is 0.253 e. The fraction of sp³-hybridized carbons (Fsp3) is 0.286. The Morgan fingerprint density at radius 1 is 0.926 bits per heavy atom. The lowest BCUT2D eigenvalue weighted by Crippen LogP contribution is -2.30. The molecule has 0 aliphatic carbocycles. The molecular formula is C21H25N3O3. The van der Waals surface area contributed by atoms with Gasteiger partial charge in [0.25, 0.3) is 11.8 Å². The van der Waals surface area contributed by atoms with E-state index in [2.05, 4.69) is 10.6 Å². The van der Waals surface area contributed by atoms with Gasteiger partial charge >= 0.3 is 0 Å². The molecule has 3 amide bonds. The molecular weight excluding hydrogens is 342 g/mol. The molecule has 0 aliphatic rings. The highest BCUT2D eigenvalue weighted by atomic mass is 16.2. The lowest BCUT2D eigenvalue weighted by atomic mass is 10.1. The van der Waals surface area contributed by atoms with Gasteiger partial charge in [-0.05, 0) is 36.2 Å².